The molecule has 0 bridgehead atoms. The van der Waals surface area contributed by atoms with E-state index in [-0.39, 0.29) is 13.2 Å². The first-order valence-electron chi connectivity index (χ1n) is 6.07. The Morgan fingerprint density at radius 3 is 2.47 bits per heavy atom. The van der Waals surface area contributed by atoms with Crippen LogP contribution >= 0.6 is 0 Å². The van der Waals surface area contributed by atoms with Crippen LogP contribution in [0.5, 0.6) is 0 Å². The fraction of sp³-hybridized carbons (Fsp3) is 0.615. The summed E-state index contributed by atoms with van der Waals surface area (Å²) in [6.45, 7) is 7.49. The molecule has 0 radical (unpaired) electrons. The van der Waals surface area contributed by atoms with Gasteiger partial charge >= 0.3 is 0 Å². The number of anilines is 1. The van der Waals surface area contributed by atoms with E-state index in [0.717, 1.165) is 35.6 Å². The largest absolute Gasteiger partial charge is 0.395 e. The second-order valence-electron chi connectivity index (χ2n) is 4.25. The third kappa shape index (κ3) is 3.41. The number of nitrogens with zero attached hydrogens (tertiary/aromatic N) is 2. The van der Waals surface area contributed by atoms with Crippen LogP contribution in [0, 0.1) is 13.8 Å². The van der Waals surface area contributed by atoms with Crippen molar-refractivity contribution in [1.82, 2.24) is 4.98 Å². The van der Waals surface area contributed by atoms with Crippen molar-refractivity contribution in [1.29, 1.82) is 0 Å². The highest BCUT2D eigenvalue weighted by Gasteiger charge is 2.14. The van der Waals surface area contributed by atoms with Crippen molar-refractivity contribution in [2.75, 3.05) is 24.6 Å². The van der Waals surface area contributed by atoms with Crippen LogP contribution in [0.25, 0.3) is 0 Å². The third-order valence-electron chi connectivity index (χ3n) is 2.77. The Bertz CT molecular complexity index is 361. The molecule has 1 heterocycles. The first-order valence-corrected chi connectivity index (χ1v) is 6.07. The maximum Gasteiger partial charge on any atom is 0.134 e. The molecule has 0 saturated heterocycles. The molecule has 17 heavy (non-hydrogen) atoms. The average Bonchev–Trinajstić information content (AvgIpc) is 2.28. The number of aromatic nitrogens is 1. The van der Waals surface area contributed by atoms with Gasteiger partial charge < -0.3 is 15.1 Å². The van der Waals surface area contributed by atoms with E-state index in [0.29, 0.717) is 6.54 Å². The summed E-state index contributed by atoms with van der Waals surface area (Å²) in [6, 6.07) is 1.97. The SMILES string of the molecule is CCCN(CCO)c1nc(C)cc(C)c1CO. The van der Waals surface area contributed by atoms with Crippen LogP contribution < -0.4 is 4.90 Å². The van der Waals surface area contributed by atoms with Crippen molar-refractivity contribution in [3.05, 3.63) is 22.9 Å². The minimum absolute atomic E-state index is 0.0138. The average molecular weight is 238 g/mol. The molecule has 4 nitrogen and oxygen atoms in total. The minimum atomic E-state index is -0.0138. The van der Waals surface area contributed by atoms with Crippen LogP contribution in [-0.2, 0) is 6.61 Å². The van der Waals surface area contributed by atoms with Crippen LogP contribution in [0.2, 0.25) is 0 Å². The van der Waals surface area contributed by atoms with Gasteiger partial charge in [0.2, 0.25) is 0 Å². The zero-order valence-corrected chi connectivity index (χ0v) is 10.9. The molecule has 0 aliphatic heterocycles. The lowest BCUT2D eigenvalue weighted by Gasteiger charge is -2.25. The Kier molecular flexibility index (Phi) is 5.38. The van der Waals surface area contributed by atoms with Gasteiger partial charge in [-0.05, 0) is 31.9 Å². The summed E-state index contributed by atoms with van der Waals surface area (Å²) in [5.74, 6) is 0.806. The van der Waals surface area contributed by atoms with Crippen molar-refractivity contribution < 1.29 is 10.2 Å². The van der Waals surface area contributed by atoms with Gasteiger partial charge in [-0.25, -0.2) is 4.98 Å². The molecule has 0 aliphatic carbocycles. The molecular weight excluding hydrogens is 216 g/mol. The zero-order chi connectivity index (χ0) is 12.8. The smallest absolute Gasteiger partial charge is 0.134 e. The van der Waals surface area contributed by atoms with Crippen molar-refractivity contribution in [2.45, 2.75) is 33.8 Å². The van der Waals surface area contributed by atoms with E-state index in [4.69, 9.17) is 5.11 Å². The molecule has 0 saturated carbocycles. The highest BCUT2D eigenvalue weighted by atomic mass is 16.3. The van der Waals surface area contributed by atoms with Crippen LogP contribution in [0.4, 0.5) is 5.82 Å². The molecule has 96 valence electrons. The lowest BCUT2D eigenvalue weighted by Crippen LogP contribution is -2.29. The Morgan fingerprint density at radius 1 is 1.24 bits per heavy atom. The molecule has 0 atom stereocenters. The topological polar surface area (TPSA) is 56.6 Å². The molecule has 0 aliphatic rings. The number of aryl methyl sites for hydroxylation is 2. The van der Waals surface area contributed by atoms with Crippen molar-refractivity contribution >= 4 is 5.82 Å². The second kappa shape index (κ2) is 6.57. The lowest BCUT2D eigenvalue weighted by atomic mass is 10.1. The quantitative estimate of drug-likeness (QED) is 0.786. The summed E-state index contributed by atoms with van der Waals surface area (Å²) in [5.41, 5.74) is 2.85. The maximum atomic E-state index is 9.45. The van der Waals surface area contributed by atoms with E-state index >= 15 is 0 Å². The van der Waals surface area contributed by atoms with Crippen LogP contribution in [0.15, 0.2) is 6.07 Å². The molecule has 0 spiro atoms. The van der Waals surface area contributed by atoms with Gasteiger partial charge in [0.05, 0.1) is 13.2 Å². The Hall–Kier alpha value is -1.13. The van der Waals surface area contributed by atoms with E-state index in [9.17, 15) is 5.11 Å². The molecule has 1 rings (SSSR count). The summed E-state index contributed by atoms with van der Waals surface area (Å²) in [7, 11) is 0. The number of hydrogen-bond donors (Lipinski definition) is 2. The van der Waals surface area contributed by atoms with Gasteiger partial charge in [0.25, 0.3) is 0 Å². The summed E-state index contributed by atoms with van der Waals surface area (Å²) in [4.78, 5) is 6.53. The lowest BCUT2D eigenvalue weighted by molar-refractivity contribution is 0.279. The van der Waals surface area contributed by atoms with E-state index in [1.807, 2.05) is 24.8 Å². The van der Waals surface area contributed by atoms with Gasteiger partial charge in [-0.1, -0.05) is 6.92 Å². The van der Waals surface area contributed by atoms with Crippen LogP contribution in [0.3, 0.4) is 0 Å². The number of pyridine rings is 1. The summed E-state index contributed by atoms with van der Waals surface area (Å²) in [6.07, 6.45) is 0.986. The monoisotopic (exact) mass is 238 g/mol. The van der Waals surface area contributed by atoms with Crippen molar-refractivity contribution in [3.63, 3.8) is 0 Å². The number of aliphatic hydroxyl groups is 2. The van der Waals surface area contributed by atoms with E-state index in [1.165, 1.54) is 0 Å². The van der Waals surface area contributed by atoms with E-state index in [2.05, 4.69) is 11.9 Å². The van der Waals surface area contributed by atoms with Crippen molar-refractivity contribution in [2.24, 2.45) is 0 Å². The van der Waals surface area contributed by atoms with Crippen LogP contribution in [-0.4, -0.2) is 34.9 Å². The molecular formula is C13H22N2O2. The van der Waals surface area contributed by atoms with Gasteiger partial charge in [0.1, 0.15) is 5.82 Å². The predicted octanol–water partition coefficient (Wildman–Crippen LogP) is 1.40. The molecule has 2 N–H and O–H groups in total. The Morgan fingerprint density at radius 2 is 1.94 bits per heavy atom. The summed E-state index contributed by atoms with van der Waals surface area (Å²) in [5, 5.41) is 18.5. The molecule has 0 amide bonds. The first kappa shape index (κ1) is 13.9. The number of hydrogen-bond acceptors (Lipinski definition) is 4. The third-order valence-corrected chi connectivity index (χ3v) is 2.77. The van der Waals surface area contributed by atoms with Gasteiger partial charge in [-0.2, -0.15) is 0 Å². The van der Waals surface area contributed by atoms with Crippen LogP contribution in [0.1, 0.15) is 30.2 Å². The predicted molar refractivity (Wildman–Crippen MR) is 69.2 cm³/mol. The standard InChI is InChI=1S/C13H22N2O2/c1-4-5-15(6-7-16)13-12(9-17)10(2)8-11(3)14-13/h8,16-17H,4-7,9H2,1-3H3. The molecule has 1 aromatic heterocycles. The molecule has 4 heteroatoms. The second-order valence-corrected chi connectivity index (χ2v) is 4.25. The van der Waals surface area contributed by atoms with Gasteiger partial charge in [-0.15, -0.1) is 0 Å². The van der Waals surface area contributed by atoms with Gasteiger partial charge in [0, 0.05) is 24.3 Å². The molecule has 0 unspecified atom stereocenters. The highest BCUT2D eigenvalue weighted by Crippen LogP contribution is 2.22. The number of rotatable bonds is 6. The summed E-state index contributed by atoms with van der Waals surface area (Å²) < 4.78 is 0. The Labute approximate surface area is 103 Å². The number of aliphatic hydroxyl groups excluding tert-OH is 2. The molecule has 1 aromatic rings. The fourth-order valence-corrected chi connectivity index (χ4v) is 2.01. The van der Waals surface area contributed by atoms with E-state index < -0.39 is 0 Å². The van der Waals surface area contributed by atoms with E-state index in [1.54, 1.807) is 0 Å². The zero-order valence-electron chi connectivity index (χ0n) is 10.9. The fourth-order valence-electron chi connectivity index (χ4n) is 2.01. The minimum Gasteiger partial charge on any atom is -0.395 e. The van der Waals surface area contributed by atoms with Crippen molar-refractivity contribution in [3.8, 4) is 0 Å². The normalized spacial score (nSPS) is 10.6. The van der Waals surface area contributed by atoms with Gasteiger partial charge in [0.15, 0.2) is 0 Å². The molecule has 0 aromatic carbocycles. The first-order chi connectivity index (χ1) is 8.13. The van der Waals surface area contributed by atoms with Gasteiger partial charge in [-0.3, -0.25) is 0 Å². The Balaban J connectivity index is 3.15. The summed E-state index contributed by atoms with van der Waals surface area (Å²) >= 11 is 0. The molecule has 0 fully saturated rings. The highest BCUT2D eigenvalue weighted by molar-refractivity contribution is 5.51. The maximum absolute atomic E-state index is 9.45.